The van der Waals surface area contributed by atoms with Crippen LogP contribution in [0.3, 0.4) is 0 Å². The summed E-state index contributed by atoms with van der Waals surface area (Å²) in [6.07, 6.45) is 5.90. The third kappa shape index (κ3) is 5.52. The number of carbonyl (C=O) groups is 1. The molecule has 0 bridgehead atoms. The van der Waals surface area contributed by atoms with E-state index in [1.54, 1.807) is 17.3 Å². The Kier molecular flexibility index (Phi) is 6.95. The molecule has 2 aliphatic rings. The highest BCUT2D eigenvalue weighted by Crippen LogP contribution is 2.29. The first-order chi connectivity index (χ1) is 16.0. The fraction of sp³-hybridized carbons (Fsp3) is 0.435. The molecule has 1 amide bonds. The second-order valence-electron chi connectivity index (χ2n) is 8.54. The largest absolute Gasteiger partial charge is 0.400 e. The number of likely N-dealkylation sites (N-methyl/N-ethyl adjacent to an activating group) is 1. The van der Waals surface area contributed by atoms with E-state index < -0.39 is 0 Å². The summed E-state index contributed by atoms with van der Waals surface area (Å²) < 4.78 is 0. The van der Waals surface area contributed by atoms with Gasteiger partial charge in [0.2, 0.25) is 5.95 Å². The van der Waals surface area contributed by atoms with E-state index in [0.29, 0.717) is 49.2 Å². The number of hydrogen-bond donors (Lipinski definition) is 4. The maximum atomic E-state index is 13.4. The molecule has 2 aromatic rings. The highest BCUT2D eigenvalue weighted by atomic mass is 16.2. The lowest BCUT2D eigenvalue weighted by molar-refractivity contribution is 0.0989. The van der Waals surface area contributed by atoms with E-state index in [1.165, 1.54) is 17.9 Å². The number of aromatic nitrogens is 2. The molecule has 1 aromatic heterocycles. The van der Waals surface area contributed by atoms with Crippen molar-refractivity contribution in [3.63, 3.8) is 0 Å². The molecular formula is C23H33N9O. The number of anilines is 4. The van der Waals surface area contributed by atoms with Gasteiger partial charge in [0.1, 0.15) is 11.4 Å². The lowest BCUT2D eigenvalue weighted by Crippen LogP contribution is -2.34. The first-order valence-corrected chi connectivity index (χ1v) is 11.4. The van der Waals surface area contributed by atoms with Crippen LogP contribution in [0.2, 0.25) is 0 Å². The molecule has 10 nitrogen and oxygen atoms in total. The Morgan fingerprint density at radius 1 is 1.33 bits per heavy atom. The monoisotopic (exact) mass is 451 g/mol. The van der Waals surface area contributed by atoms with Gasteiger partial charge in [-0.05, 0) is 50.4 Å². The Balaban J connectivity index is 1.51. The Hall–Kier alpha value is -3.37. The Bertz CT molecular complexity index is 1020. The zero-order valence-corrected chi connectivity index (χ0v) is 19.3. The maximum Gasteiger partial charge on any atom is 0.263 e. The average molecular weight is 452 g/mol. The SMILES string of the molecule is CCNc1ncc2c(n1)N(C)CCN(c1cccc(N(N)/C=C(\N)CNCC3CC3)c1)C2=O. The molecule has 176 valence electrons. The zero-order valence-electron chi connectivity index (χ0n) is 19.3. The summed E-state index contributed by atoms with van der Waals surface area (Å²) in [6.45, 7) is 5.41. The van der Waals surface area contributed by atoms with Crippen LogP contribution in [-0.2, 0) is 0 Å². The predicted molar refractivity (Wildman–Crippen MR) is 132 cm³/mol. The summed E-state index contributed by atoms with van der Waals surface area (Å²) in [5.41, 5.74) is 8.74. The van der Waals surface area contributed by atoms with Crippen molar-refractivity contribution in [1.29, 1.82) is 0 Å². The van der Waals surface area contributed by atoms with E-state index >= 15 is 0 Å². The molecule has 1 aliphatic heterocycles. The summed E-state index contributed by atoms with van der Waals surface area (Å²) >= 11 is 0. The molecule has 1 fully saturated rings. The number of fused-ring (bicyclic) bond motifs is 1. The third-order valence-electron chi connectivity index (χ3n) is 5.80. The normalized spacial score (nSPS) is 16.5. The van der Waals surface area contributed by atoms with E-state index in [9.17, 15) is 4.79 Å². The van der Waals surface area contributed by atoms with Crippen molar-refractivity contribution in [2.45, 2.75) is 19.8 Å². The number of nitrogens with zero attached hydrogens (tertiary/aromatic N) is 5. The summed E-state index contributed by atoms with van der Waals surface area (Å²) in [6, 6.07) is 7.56. The number of amides is 1. The van der Waals surface area contributed by atoms with Crippen LogP contribution >= 0.6 is 0 Å². The highest BCUT2D eigenvalue weighted by molar-refractivity contribution is 6.09. The predicted octanol–water partition coefficient (Wildman–Crippen LogP) is 1.48. The molecule has 1 aromatic carbocycles. The van der Waals surface area contributed by atoms with Crippen molar-refractivity contribution < 1.29 is 4.79 Å². The Morgan fingerprint density at radius 2 is 2.15 bits per heavy atom. The molecule has 4 rings (SSSR count). The van der Waals surface area contributed by atoms with E-state index in [4.69, 9.17) is 11.6 Å². The standard InChI is InChI=1S/C23H33N9O/c1-3-27-23-28-14-20-21(29-23)30(2)9-10-31(22(20)33)18-5-4-6-19(11-18)32(25)15-17(24)13-26-12-16-7-8-16/h4-6,11,14-16,26H,3,7-10,12-13,24-25H2,1-2H3,(H,27,28,29)/b17-15-. The number of hydrogen-bond acceptors (Lipinski definition) is 9. The summed E-state index contributed by atoms with van der Waals surface area (Å²) in [5, 5.41) is 7.95. The number of rotatable bonds is 9. The smallest absolute Gasteiger partial charge is 0.263 e. The molecular weight excluding hydrogens is 418 g/mol. The lowest BCUT2D eigenvalue weighted by atomic mass is 10.2. The molecule has 0 unspecified atom stereocenters. The van der Waals surface area contributed by atoms with E-state index in [2.05, 4.69) is 20.6 Å². The summed E-state index contributed by atoms with van der Waals surface area (Å²) in [4.78, 5) is 26.0. The van der Waals surface area contributed by atoms with Gasteiger partial charge in [0.15, 0.2) is 0 Å². The molecule has 33 heavy (non-hydrogen) atoms. The molecule has 0 saturated heterocycles. The van der Waals surface area contributed by atoms with Gasteiger partial charge in [-0.2, -0.15) is 4.98 Å². The van der Waals surface area contributed by atoms with Crippen LogP contribution in [0.5, 0.6) is 0 Å². The van der Waals surface area contributed by atoms with Gasteiger partial charge < -0.3 is 26.2 Å². The van der Waals surface area contributed by atoms with Crippen LogP contribution in [0.4, 0.5) is 23.1 Å². The van der Waals surface area contributed by atoms with Gasteiger partial charge >= 0.3 is 0 Å². The maximum absolute atomic E-state index is 13.4. The number of nitrogens with two attached hydrogens (primary N) is 2. The minimum Gasteiger partial charge on any atom is -0.400 e. The molecule has 6 N–H and O–H groups in total. The fourth-order valence-electron chi connectivity index (χ4n) is 3.77. The Morgan fingerprint density at radius 3 is 2.91 bits per heavy atom. The van der Waals surface area contributed by atoms with Gasteiger partial charge in [0.25, 0.3) is 5.91 Å². The first kappa shape index (κ1) is 22.8. The Labute approximate surface area is 194 Å². The first-order valence-electron chi connectivity index (χ1n) is 11.4. The number of hydrazine groups is 1. The van der Waals surface area contributed by atoms with Crippen LogP contribution < -0.4 is 37.0 Å². The van der Waals surface area contributed by atoms with Crippen molar-refractivity contribution in [2.24, 2.45) is 17.5 Å². The van der Waals surface area contributed by atoms with Gasteiger partial charge in [-0.25, -0.2) is 10.8 Å². The molecule has 0 atom stereocenters. The van der Waals surface area contributed by atoms with Gasteiger partial charge in [-0.15, -0.1) is 0 Å². The van der Waals surface area contributed by atoms with Crippen molar-refractivity contribution >= 4 is 29.0 Å². The van der Waals surface area contributed by atoms with Crippen LogP contribution in [0.15, 0.2) is 42.4 Å². The molecule has 10 heteroatoms. The van der Waals surface area contributed by atoms with Gasteiger partial charge in [-0.1, -0.05) is 6.07 Å². The molecule has 2 heterocycles. The van der Waals surface area contributed by atoms with Crippen LogP contribution in [0, 0.1) is 5.92 Å². The van der Waals surface area contributed by atoms with Crippen molar-refractivity contribution in [3.8, 4) is 0 Å². The van der Waals surface area contributed by atoms with Crippen molar-refractivity contribution in [3.05, 3.63) is 47.9 Å². The second kappa shape index (κ2) is 10.1. The molecule has 0 spiro atoms. The minimum absolute atomic E-state index is 0.141. The number of carbonyl (C=O) groups excluding carboxylic acids is 1. The highest BCUT2D eigenvalue weighted by Gasteiger charge is 2.28. The molecule has 0 radical (unpaired) electrons. The zero-order chi connectivity index (χ0) is 23.4. The van der Waals surface area contributed by atoms with Gasteiger partial charge in [0, 0.05) is 57.0 Å². The van der Waals surface area contributed by atoms with Gasteiger partial charge in [-0.3, -0.25) is 9.80 Å². The third-order valence-corrected chi connectivity index (χ3v) is 5.80. The molecule has 1 aliphatic carbocycles. The van der Waals surface area contributed by atoms with Crippen molar-refractivity contribution in [2.75, 3.05) is 59.9 Å². The van der Waals surface area contributed by atoms with Gasteiger partial charge in [0.05, 0.1) is 5.69 Å². The second-order valence-corrected chi connectivity index (χ2v) is 8.54. The topological polar surface area (TPSA) is 129 Å². The summed E-state index contributed by atoms with van der Waals surface area (Å²) in [5.74, 6) is 8.05. The van der Waals surface area contributed by atoms with E-state index in [0.717, 1.165) is 23.8 Å². The van der Waals surface area contributed by atoms with E-state index in [1.807, 2.05) is 43.1 Å². The van der Waals surface area contributed by atoms with Crippen LogP contribution in [0.25, 0.3) is 0 Å². The fourth-order valence-corrected chi connectivity index (χ4v) is 3.77. The average Bonchev–Trinajstić information content (AvgIpc) is 3.64. The van der Waals surface area contributed by atoms with Crippen LogP contribution in [0.1, 0.15) is 30.1 Å². The number of nitrogens with one attached hydrogen (secondary N) is 2. The minimum atomic E-state index is -0.141. The van der Waals surface area contributed by atoms with Crippen LogP contribution in [-0.4, -0.2) is 55.6 Å². The summed E-state index contributed by atoms with van der Waals surface area (Å²) in [7, 11) is 1.93. The lowest BCUT2D eigenvalue weighted by Gasteiger charge is -2.23. The van der Waals surface area contributed by atoms with Crippen molar-refractivity contribution in [1.82, 2.24) is 15.3 Å². The molecule has 1 saturated carbocycles. The van der Waals surface area contributed by atoms with E-state index in [-0.39, 0.29) is 5.91 Å². The quantitative estimate of drug-likeness (QED) is 0.331. The number of benzene rings is 1.